The van der Waals surface area contributed by atoms with Crippen LogP contribution in [0.15, 0.2) is 59.8 Å². The Hall–Kier alpha value is -2.80. The Balaban J connectivity index is 1.53. The third kappa shape index (κ3) is 3.83. The standard InChI is InChI=1S/C24H27N5OS/c1-16-11-13-18(14-12-16)20-21(23(30)28-15-7-6-8-17(28)2)31-24-26-25-22(29(24)27-20)19-9-4-3-5-10-19/h3-5,9-14,17,20-21,27H,6-8,15H2,1-2H3. The molecule has 2 aliphatic rings. The minimum absolute atomic E-state index is 0.168. The first-order chi connectivity index (χ1) is 15.1. The zero-order valence-electron chi connectivity index (χ0n) is 17.9. The molecule has 160 valence electrons. The fourth-order valence-electron chi connectivity index (χ4n) is 4.43. The second kappa shape index (κ2) is 8.38. The van der Waals surface area contributed by atoms with Crippen molar-refractivity contribution < 1.29 is 4.79 Å². The van der Waals surface area contributed by atoms with E-state index in [2.05, 4.69) is 58.6 Å². The average Bonchev–Trinajstić information content (AvgIpc) is 3.22. The van der Waals surface area contributed by atoms with Crippen LogP contribution in [0.25, 0.3) is 11.4 Å². The molecule has 1 aromatic heterocycles. The number of hydrogen-bond acceptors (Lipinski definition) is 5. The van der Waals surface area contributed by atoms with Crippen molar-refractivity contribution in [1.82, 2.24) is 19.8 Å². The largest absolute Gasteiger partial charge is 0.339 e. The topological polar surface area (TPSA) is 63.1 Å². The molecular formula is C24H27N5OS. The lowest BCUT2D eigenvalue weighted by Gasteiger charge is -2.39. The Morgan fingerprint density at radius 2 is 1.84 bits per heavy atom. The minimum atomic E-state index is -0.288. The molecule has 1 amide bonds. The number of hydrogen-bond donors (Lipinski definition) is 1. The van der Waals surface area contributed by atoms with Crippen molar-refractivity contribution in [2.45, 2.75) is 55.6 Å². The monoisotopic (exact) mass is 433 g/mol. The summed E-state index contributed by atoms with van der Waals surface area (Å²) in [7, 11) is 0. The van der Waals surface area contributed by atoms with Crippen LogP contribution >= 0.6 is 11.8 Å². The van der Waals surface area contributed by atoms with Gasteiger partial charge in [-0.05, 0) is 38.7 Å². The number of nitrogens with one attached hydrogen (secondary N) is 1. The molecule has 2 aliphatic heterocycles. The average molecular weight is 434 g/mol. The fraction of sp³-hybridized carbons (Fsp3) is 0.375. The third-order valence-electron chi connectivity index (χ3n) is 6.23. The van der Waals surface area contributed by atoms with E-state index in [1.165, 1.54) is 23.7 Å². The van der Waals surface area contributed by atoms with E-state index in [1.54, 1.807) is 0 Å². The molecule has 1 saturated heterocycles. The van der Waals surface area contributed by atoms with E-state index in [0.717, 1.165) is 41.5 Å². The molecule has 3 aromatic rings. The van der Waals surface area contributed by atoms with Gasteiger partial charge in [-0.2, -0.15) is 0 Å². The Morgan fingerprint density at radius 1 is 1.06 bits per heavy atom. The molecule has 1 N–H and O–H groups in total. The van der Waals surface area contributed by atoms with E-state index in [0.29, 0.717) is 0 Å². The molecule has 6 nitrogen and oxygen atoms in total. The molecule has 5 rings (SSSR count). The van der Waals surface area contributed by atoms with Gasteiger partial charge < -0.3 is 10.3 Å². The summed E-state index contributed by atoms with van der Waals surface area (Å²) in [5.41, 5.74) is 6.88. The van der Waals surface area contributed by atoms with Crippen molar-refractivity contribution in [3.05, 3.63) is 65.7 Å². The summed E-state index contributed by atoms with van der Waals surface area (Å²) in [5, 5.41) is 9.29. The van der Waals surface area contributed by atoms with Gasteiger partial charge in [0.15, 0.2) is 5.82 Å². The molecule has 0 saturated carbocycles. The van der Waals surface area contributed by atoms with Crippen molar-refractivity contribution in [3.63, 3.8) is 0 Å². The van der Waals surface area contributed by atoms with Gasteiger partial charge in [0.25, 0.3) is 0 Å². The summed E-state index contributed by atoms with van der Waals surface area (Å²) in [4.78, 5) is 15.8. The predicted octanol–water partition coefficient (Wildman–Crippen LogP) is 4.41. The van der Waals surface area contributed by atoms with Crippen LogP contribution in [-0.2, 0) is 4.79 Å². The Labute approximate surface area is 187 Å². The highest BCUT2D eigenvalue weighted by atomic mass is 32.2. The van der Waals surface area contributed by atoms with Crippen LogP contribution in [0.3, 0.4) is 0 Å². The molecule has 3 atom stereocenters. The molecular weight excluding hydrogens is 406 g/mol. The van der Waals surface area contributed by atoms with Crippen LogP contribution in [0.1, 0.15) is 43.4 Å². The lowest BCUT2D eigenvalue weighted by atomic mass is 9.99. The highest BCUT2D eigenvalue weighted by Crippen LogP contribution is 2.40. The maximum absolute atomic E-state index is 13.7. The maximum atomic E-state index is 13.7. The van der Waals surface area contributed by atoms with E-state index in [-0.39, 0.29) is 23.2 Å². The van der Waals surface area contributed by atoms with Crippen molar-refractivity contribution in [2.75, 3.05) is 12.0 Å². The highest BCUT2D eigenvalue weighted by Gasteiger charge is 2.41. The summed E-state index contributed by atoms with van der Waals surface area (Å²) in [6.45, 7) is 5.07. The second-order valence-corrected chi connectivity index (χ2v) is 9.55. The third-order valence-corrected chi connectivity index (χ3v) is 7.44. The molecule has 0 aliphatic carbocycles. The first-order valence-corrected chi connectivity index (χ1v) is 11.8. The van der Waals surface area contributed by atoms with Crippen molar-refractivity contribution in [1.29, 1.82) is 0 Å². The van der Waals surface area contributed by atoms with Gasteiger partial charge in [-0.25, -0.2) is 4.68 Å². The van der Waals surface area contributed by atoms with Crippen LogP contribution < -0.4 is 5.43 Å². The molecule has 0 bridgehead atoms. The van der Waals surface area contributed by atoms with Crippen LogP contribution in [0.2, 0.25) is 0 Å². The number of rotatable bonds is 3. The van der Waals surface area contributed by atoms with Gasteiger partial charge in [-0.3, -0.25) is 4.79 Å². The molecule has 3 unspecified atom stereocenters. The fourth-order valence-corrected chi connectivity index (χ4v) is 5.58. The number of fused-ring (bicyclic) bond motifs is 1. The van der Waals surface area contributed by atoms with Crippen LogP contribution in [0.5, 0.6) is 0 Å². The number of aromatic nitrogens is 3. The number of aryl methyl sites for hydroxylation is 1. The van der Waals surface area contributed by atoms with Gasteiger partial charge in [0.05, 0.1) is 6.04 Å². The summed E-state index contributed by atoms with van der Waals surface area (Å²) in [6, 6.07) is 18.6. The van der Waals surface area contributed by atoms with E-state index in [4.69, 9.17) is 0 Å². The van der Waals surface area contributed by atoms with Crippen LogP contribution in [0.4, 0.5) is 0 Å². The smallest absolute Gasteiger partial charge is 0.238 e. The zero-order chi connectivity index (χ0) is 21.4. The SMILES string of the molecule is Cc1ccc(C2Nn3c(nnc3-c3ccccc3)SC2C(=O)N2CCCCC2C)cc1. The maximum Gasteiger partial charge on any atom is 0.238 e. The van der Waals surface area contributed by atoms with E-state index >= 15 is 0 Å². The quantitative estimate of drug-likeness (QED) is 0.663. The number of carbonyl (C=O) groups is 1. The number of thioether (sulfide) groups is 1. The highest BCUT2D eigenvalue weighted by molar-refractivity contribution is 8.00. The van der Waals surface area contributed by atoms with Gasteiger partial charge in [0.1, 0.15) is 5.25 Å². The normalized spacial score (nSPS) is 23.2. The van der Waals surface area contributed by atoms with Crippen molar-refractivity contribution in [2.24, 2.45) is 0 Å². The lowest BCUT2D eigenvalue weighted by Crippen LogP contribution is -2.50. The number of carbonyl (C=O) groups excluding carboxylic acids is 1. The summed E-state index contributed by atoms with van der Waals surface area (Å²) < 4.78 is 1.94. The summed E-state index contributed by atoms with van der Waals surface area (Å²) in [6.07, 6.45) is 3.34. The second-order valence-electron chi connectivity index (χ2n) is 8.44. The van der Waals surface area contributed by atoms with E-state index in [1.807, 2.05) is 35.0 Å². The lowest BCUT2D eigenvalue weighted by molar-refractivity contribution is -0.134. The molecule has 31 heavy (non-hydrogen) atoms. The Kier molecular flexibility index (Phi) is 5.44. The van der Waals surface area contributed by atoms with Crippen LogP contribution in [0, 0.1) is 6.92 Å². The minimum Gasteiger partial charge on any atom is -0.339 e. The first-order valence-electron chi connectivity index (χ1n) is 10.9. The summed E-state index contributed by atoms with van der Waals surface area (Å²) >= 11 is 1.52. The van der Waals surface area contributed by atoms with Crippen molar-refractivity contribution >= 4 is 17.7 Å². The number of amides is 1. The van der Waals surface area contributed by atoms with Gasteiger partial charge in [0.2, 0.25) is 11.1 Å². The van der Waals surface area contributed by atoms with Crippen LogP contribution in [-0.4, -0.2) is 43.5 Å². The molecule has 2 aromatic carbocycles. The molecule has 0 spiro atoms. The molecule has 7 heteroatoms. The Morgan fingerprint density at radius 3 is 2.58 bits per heavy atom. The van der Waals surface area contributed by atoms with Crippen molar-refractivity contribution in [3.8, 4) is 11.4 Å². The number of likely N-dealkylation sites (tertiary alicyclic amines) is 1. The van der Waals surface area contributed by atoms with E-state index < -0.39 is 0 Å². The van der Waals surface area contributed by atoms with Gasteiger partial charge in [-0.1, -0.05) is 71.9 Å². The predicted molar refractivity (Wildman–Crippen MR) is 123 cm³/mol. The molecule has 3 heterocycles. The molecule has 1 fully saturated rings. The Bertz CT molecular complexity index is 1070. The van der Waals surface area contributed by atoms with Gasteiger partial charge in [-0.15, -0.1) is 10.2 Å². The zero-order valence-corrected chi connectivity index (χ0v) is 18.7. The van der Waals surface area contributed by atoms with E-state index in [9.17, 15) is 4.79 Å². The number of nitrogens with zero attached hydrogens (tertiary/aromatic N) is 4. The van der Waals surface area contributed by atoms with Gasteiger partial charge >= 0.3 is 0 Å². The number of benzene rings is 2. The first kappa shape index (κ1) is 20.1. The number of piperidine rings is 1. The van der Waals surface area contributed by atoms with Gasteiger partial charge in [0, 0.05) is 18.2 Å². The molecule has 0 radical (unpaired) electrons. The summed E-state index contributed by atoms with van der Waals surface area (Å²) in [5.74, 6) is 0.947.